The summed E-state index contributed by atoms with van der Waals surface area (Å²) in [5.41, 5.74) is 1.03. The number of thiol groups is 1. The van der Waals surface area contributed by atoms with Gasteiger partial charge in [0.2, 0.25) is 0 Å². The van der Waals surface area contributed by atoms with Crippen molar-refractivity contribution >= 4 is 45.7 Å². The molecule has 1 nitrogen and oxygen atoms in total. The van der Waals surface area contributed by atoms with Crippen molar-refractivity contribution in [2.75, 3.05) is 0 Å². The second-order valence-electron chi connectivity index (χ2n) is 2.87. The van der Waals surface area contributed by atoms with Crippen LogP contribution in [0.1, 0.15) is 5.56 Å². The number of rotatable bonds is 1. The zero-order valence-electron chi connectivity index (χ0n) is 7.12. The van der Waals surface area contributed by atoms with Crippen LogP contribution in [0.3, 0.4) is 0 Å². The van der Waals surface area contributed by atoms with Crippen LogP contribution in [0.5, 0.6) is 0 Å². The Morgan fingerprint density at radius 2 is 2.29 bits per heavy atom. The highest BCUT2D eigenvalue weighted by atomic mass is 35.5. The van der Waals surface area contributed by atoms with Crippen molar-refractivity contribution in [2.45, 2.75) is 11.3 Å². The molecule has 2 aromatic rings. The molecular formula is C10H6ClNS2. The first-order valence-corrected chi connectivity index (χ1v) is 5.63. The van der Waals surface area contributed by atoms with E-state index < -0.39 is 0 Å². The van der Waals surface area contributed by atoms with E-state index in [1.54, 1.807) is 0 Å². The Morgan fingerprint density at radius 1 is 1.50 bits per heavy atom. The molecule has 1 aromatic heterocycles. The first kappa shape index (κ1) is 9.85. The monoisotopic (exact) mass is 239 g/mol. The fourth-order valence-electron chi connectivity index (χ4n) is 1.36. The van der Waals surface area contributed by atoms with Gasteiger partial charge >= 0.3 is 0 Å². The smallest absolute Gasteiger partial charge is 0.0941 e. The van der Waals surface area contributed by atoms with E-state index in [2.05, 4.69) is 18.7 Å². The van der Waals surface area contributed by atoms with Gasteiger partial charge in [-0.1, -0.05) is 17.7 Å². The van der Waals surface area contributed by atoms with Crippen molar-refractivity contribution in [2.24, 2.45) is 0 Å². The van der Waals surface area contributed by atoms with Gasteiger partial charge in [0.25, 0.3) is 0 Å². The summed E-state index contributed by atoms with van der Waals surface area (Å²) in [6.45, 7) is 0. The van der Waals surface area contributed by atoms with Crippen molar-refractivity contribution in [3.05, 3.63) is 28.1 Å². The summed E-state index contributed by atoms with van der Waals surface area (Å²) >= 11 is 11.8. The van der Waals surface area contributed by atoms with Crippen molar-refractivity contribution in [1.82, 2.24) is 0 Å². The molecule has 0 radical (unpaired) electrons. The Kier molecular flexibility index (Phi) is 2.69. The van der Waals surface area contributed by atoms with Crippen molar-refractivity contribution in [3.8, 4) is 6.07 Å². The number of nitrogens with zero attached hydrogens (tertiary/aromatic N) is 1. The first-order chi connectivity index (χ1) is 6.72. The number of fused-ring (bicyclic) bond motifs is 1. The van der Waals surface area contributed by atoms with Gasteiger partial charge in [0.1, 0.15) is 0 Å². The predicted octanol–water partition coefficient (Wildman–Crippen LogP) is 3.91. The van der Waals surface area contributed by atoms with Crippen molar-refractivity contribution < 1.29 is 0 Å². The van der Waals surface area contributed by atoms with E-state index in [0.717, 1.165) is 24.9 Å². The summed E-state index contributed by atoms with van der Waals surface area (Å²) in [4.78, 5) is 0.907. The minimum absolute atomic E-state index is 0.418. The van der Waals surface area contributed by atoms with Crippen LogP contribution in [0.15, 0.2) is 23.1 Å². The zero-order valence-corrected chi connectivity index (χ0v) is 9.59. The maximum absolute atomic E-state index is 8.66. The molecular weight excluding hydrogens is 234 g/mol. The number of nitriles is 1. The van der Waals surface area contributed by atoms with Crippen LogP contribution in [-0.2, 0) is 6.42 Å². The number of hydrogen-bond acceptors (Lipinski definition) is 3. The summed E-state index contributed by atoms with van der Waals surface area (Å²) in [6.07, 6.45) is 0.418. The van der Waals surface area contributed by atoms with Gasteiger partial charge in [-0.2, -0.15) is 5.26 Å². The highest BCUT2D eigenvalue weighted by Crippen LogP contribution is 2.35. The third-order valence-electron chi connectivity index (χ3n) is 1.98. The van der Waals surface area contributed by atoms with Gasteiger partial charge in [-0.05, 0) is 17.7 Å². The molecule has 0 fully saturated rings. The fourth-order valence-corrected chi connectivity index (χ4v) is 2.95. The largest absolute Gasteiger partial charge is 0.198 e. The molecule has 4 heteroatoms. The highest BCUT2D eigenvalue weighted by Gasteiger charge is 2.07. The number of benzene rings is 1. The summed E-state index contributed by atoms with van der Waals surface area (Å²) in [7, 11) is 0. The molecule has 0 atom stereocenters. The SMILES string of the molecule is N#CCc1ccc(S)c2cc(Cl)sc12. The number of thiophene rings is 1. The zero-order chi connectivity index (χ0) is 10.1. The normalized spacial score (nSPS) is 10.4. The van der Waals surface area contributed by atoms with Gasteiger partial charge in [0, 0.05) is 15.0 Å². The van der Waals surface area contributed by atoms with E-state index in [9.17, 15) is 0 Å². The van der Waals surface area contributed by atoms with Crippen LogP contribution in [0.4, 0.5) is 0 Å². The number of halogens is 1. The molecule has 0 unspecified atom stereocenters. The maximum Gasteiger partial charge on any atom is 0.0941 e. The Morgan fingerprint density at radius 3 is 3.00 bits per heavy atom. The molecule has 0 saturated heterocycles. The topological polar surface area (TPSA) is 23.8 Å². The van der Waals surface area contributed by atoms with Crippen LogP contribution in [0.25, 0.3) is 10.1 Å². The van der Waals surface area contributed by atoms with Crippen LogP contribution >= 0.6 is 35.6 Å². The molecule has 0 aliphatic carbocycles. The van der Waals surface area contributed by atoms with Crippen LogP contribution in [0, 0.1) is 11.3 Å². The summed E-state index contributed by atoms with van der Waals surface area (Å²) < 4.78 is 1.81. The van der Waals surface area contributed by atoms with Crippen LogP contribution < -0.4 is 0 Å². The van der Waals surface area contributed by atoms with Gasteiger partial charge in [0.15, 0.2) is 0 Å². The molecule has 1 aromatic carbocycles. The quantitative estimate of drug-likeness (QED) is 0.750. The van der Waals surface area contributed by atoms with E-state index >= 15 is 0 Å². The van der Waals surface area contributed by atoms with Crippen LogP contribution in [-0.4, -0.2) is 0 Å². The third kappa shape index (κ3) is 1.61. The average molecular weight is 240 g/mol. The van der Waals surface area contributed by atoms with Gasteiger partial charge in [0.05, 0.1) is 16.8 Å². The summed E-state index contributed by atoms with van der Waals surface area (Å²) in [5.74, 6) is 0. The molecule has 0 amide bonds. The Hall–Kier alpha value is -0.690. The van der Waals surface area contributed by atoms with E-state index in [4.69, 9.17) is 16.9 Å². The molecule has 0 aliphatic heterocycles. The Labute approximate surface area is 96.3 Å². The van der Waals surface area contributed by atoms with E-state index in [1.165, 1.54) is 11.3 Å². The van der Waals surface area contributed by atoms with Gasteiger partial charge in [-0.15, -0.1) is 24.0 Å². The van der Waals surface area contributed by atoms with E-state index in [0.29, 0.717) is 6.42 Å². The lowest BCUT2D eigenvalue weighted by Crippen LogP contribution is -1.81. The first-order valence-electron chi connectivity index (χ1n) is 3.99. The molecule has 14 heavy (non-hydrogen) atoms. The van der Waals surface area contributed by atoms with E-state index in [1.807, 2.05) is 18.2 Å². The highest BCUT2D eigenvalue weighted by molar-refractivity contribution is 7.80. The maximum atomic E-state index is 8.66. The number of hydrogen-bond donors (Lipinski definition) is 1. The minimum atomic E-state index is 0.418. The molecule has 1 heterocycles. The van der Waals surface area contributed by atoms with Crippen molar-refractivity contribution in [3.63, 3.8) is 0 Å². The Bertz CT molecular complexity index is 525. The third-order valence-corrected chi connectivity index (χ3v) is 3.71. The molecule has 2 rings (SSSR count). The van der Waals surface area contributed by atoms with E-state index in [-0.39, 0.29) is 0 Å². The molecule has 70 valence electrons. The van der Waals surface area contributed by atoms with Gasteiger partial charge in [-0.25, -0.2) is 0 Å². The molecule has 0 aliphatic rings. The standard InChI is InChI=1S/C10H6ClNS2/c11-9-5-7-8(13)2-1-6(3-4-12)10(7)14-9/h1-2,5,13H,3H2. The van der Waals surface area contributed by atoms with Gasteiger partial charge in [-0.3, -0.25) is 0 Å². The van der Waals surface area contributed by atoms with Crippen molar-refractivity contribution in [1.29, 1.82) is 5.26 Å². The Balaban J connectivity index is 2.75. The second-order valence-corrected chi connectivity index (χ2v) is 5.04. The van der Waals surface area contributed by atoms with Crippen LogP contribution in [0.2, 0.25) is 4.34 Å². The second kappa shape index (κ2) is 3.82. The minimum Gasteiger partial charge on any atom is -0.198 e. The molecule has 0 bridgehead atoms. The van der Waals surface area contributed by atoms with Gasteiger partial charge < -0.3 is 0 Å². The fraction of sp³-hybridized carbons (Fsp3) is 0.100. The summed E-state index contributed by atoms with van der Waals surface area (Å²) in [6, 6.07) is 7.87. The lowest BCUT2D eigenvalue weighted by atomic mass is 10.1. The molecule has 0 N–H and O–H groups in total. The average Bonchev–Trinajstić information content (AvgIpc) is 2.53. The molecule has 0 saturated carbocycles. The lowest BCUT2D eigenvalue weighted by Gasteiger charge is -1.99. The lowest BCUT2D eigenvalue weighted by molar-refractivity contribution is 1.28. The summed E-state index contributed by atoms with van der Waals surface area (Å²) in [5, 5.41) is 9.70. The predicted molar refractivity (Wildman–Crippen MR) is 63.4 cm³/mol. The molecule has 0 spiro atoms.